The van der Waals surface area contributed by atoms with E-state index in [1.807, 2.05) is 30.3 Å². The summed E-state index contributed by atoms with van der Waals surface area (Å²) in [5, 5.41) is 16.2. The first-order valence-electron chi connectivity index (χ1n) is 6.44. The molecule has 108 valence electrons. The van der Waals surface area contributed by atoms with Crippen molar-refractivity contribution in [1.29, 1.82) is 0 Å². The monoisotopic (exact) mass is 285 g/mol. The molecule has 2 rings (SSSR count). The molecule has 21 heavy (non-hydrogen) atoms. The van der Waals surface area contributed by atoms with Crippen LogP contribution in [-0.4, -0.2) is 17.4 Å². The summed E-state index contributed by atoms with van der Waals surface area (Å²) >= 11 is 0. The van der Waals surface area contributed by atoms with Crippen LogP contribution in [0.2, 0.25) is 0 Å². The molecular weight excluding hydrogens is 270 g/mol. The largest absolute Gasteiger partial charge is 0.376 e. The smallest absolute Gasteiger partial charge is 0.269 e. The molecule has 1 amide bonds. The van der Waals surface area contributed by atoms with Gasteiger partial charge in [-0.15, -0.1) is 0 Å². The van der Waals surface area contributed by atoms with Gasteiger partial charge in [-0.3, -0.25) is 14.9 Å². The van der Waals surface area contributed by atoms with Crippen molar-refractivity contribution in [3.8, 4) is 0 Å². The highest BCUT2D eigenvalue weighted by Crippen LogP contribution is 2.14. The lowest BCUT2D eigenvalue weighted by atomic mass is 10.2. The first-order chi connectivity index (χ1) is 10.1. The van der Waals surface area contributed by atoms with Crippen LogP contribution in [0.5, 0.6) is 0 Å². The number of non-ortho nitro benzene ring substituents is 1. The molecule has 0 fully saturated rings. The number of benzene rings is 2. The number of rotatable bonds is 6. The molecule has 0 atom stereocenters. The number of hydrogen-bond acceptors (Lipinski definition) is 4. The fourth-order valence-electron chi connectivity index (χ4n) is 1.74. The van der Waals surface area contributed by atoms with E-state index in [0.717, 1.165) is 5.56 Å². The average molecular weight is 285 g/mol. The van der Waals surface area contributed by atoms with Gasteiger partial charge in [0.25, 0.3) is 5.69 Å². The second-order valence-electron chi connectivity index (χ2n) is 4.42. The predicted octanol–water partition coefficient (Wildman–Crippen LogP) is 2.32. The minimum Gasteiger partial charge on any atom is -0.376 e. The number of nitrogens with zero attached hydrogens (tertiary/aromatic N) is 1. The standard InChI is InChI=1S/C15H15N3O3/c19-15(17-10-12-4-2-1-3-5-12)11-16-13-6-8-14(9-7-13)18(20)21/h1-9,16H,10-11H2,(H,17,19). The molecule has 0 aliphatic heterocycles. The van der Waals surface area contributed by atoms with Crippen LogP contribution >= 0.6 is 0 Å². The maximum Gasteiger partial charge on any atom is 0.269 e. The Morgan fingerprint density at radius 3 is 2.33 bits per heavy atom. The zero-order valence-electron chi connectivity index (χ0n) is 11.3. The van der Waals surface area contributed by atoms with Crippen molar-refractivity contribution in [3.05, 3.63) is 70.3 Å². The van der Waals surface area contributed by atoms with E-state index in [0.29, 0.717) is 12.2 Å². The van der Waals surface area contributed by atoms with E-state index in [4.69, 9.17) is 0 Å². The number of nitro groups is 1. The summed E-state index contributed by atoms with van der Waals surface area (Å²) in [6.45, 7) is 0.590. The van der Waals surface area contributed by atoms with E-state index in [9.17, 15) is 14.9 Å². The molecule has 0 radical (unpaired) electrons. The molecule has 6 nitrogen and oxygen atoms in total. The van der Waals surface area contributed by atoms with Gasteiger partial charge in [0, 0.05) is 24.4 Å². The van der Waals surface area contributed by atoms with Crippen molar-refractivity contribution in [3.63, 3.8) is 0 Å². The van der Waals surface area contributed by atoms with Crippen molar-refractivity contribution in [2.75, 3.05) is 11.9 Å². The molecule has 2 aromatic carbocycles. The van der Waals surface area contributed by atoms with E-state index < -0.39 is 4.92 Å². The van der Waals surface area contributed by atoms with E-state index in [-0.39, 0.29) is 18.1 Å². The zero-order chi connectivity index (χ0) is 15.1. The van der Waals surface area contributed by atoms with Gasteiger partial charge < -0.3 is 10.6 Å². The third-order valence-electron chi connectivity index (χ3n) is 2.86. The number of nitro benzene ring substituents is 1. The minimum atomic E-state index is -0.462. The third-order valence-corrected chi connectivity index (χ3v) is 2.86. The molecule has 0 saturated heterocycles. The quantitative estimate of drug-likeness (QED) is 0.630. The first-order valence-corrected chi connectivity index (χ1v) is 6.44. The van der Waals surface area contributed by atoms with Gasteiger partial charge in [-0.05, 0) is 17.7 Å². The molecule has 0 unspecified atom stereocenters. The molecule has 2 aromatic rings. The van der Waals surface area contributed by atoms with Gasteiger partial charge in [-0.25, -0.2) is 0 Å². The Morgan fingerprint density at radius 1 is 1.05 bits per heavy atom. The maximum atomic E-state index is 11.7. The van der Waals surface area contributed by atoms with Crippen LogP contribution in [0.15, 0.2) is 54.6 Å². The van der Waals surface area contributed by atoms with Crippen LogP contribution in [-0.2, 0) is 11.3 Å². The Kier molecular flexibility index (Phi) is 4.87. The predicted molar refractivity (Wildman–Crippen MR) is 79.9 cm³/mol. The summed E-state index contributed by atoms with van der Waals surface area (Å²) < 4.78 is 0. The molecule has 0 heterocycles. The normalized spacial score (nSPS) is 9.90. The molecular formula is C15H15N3O3. The molecule has 0 spiro atoms. The van der Waals surface area contributed by atoms with Crippen LogP contribution < -0.4 is 10.6 Å². The van der Waals surface area contributed by atoms with Crippen LogP contribution in [0, 0.1) is 10.1 Å². The Hall–Kier alpha value is -2.89. The van der Waals surface area contributed by atoms with E-state index in [2.05, 4.69) is 10.6 Å². The number of amides is 1. The van der Waals surface area contributed by atoms with Gasteiger partial charge in [0.2, 0.25) is 5.91 Å². The molecule has 2 N–H and O–H groups in total. The summed E-state index contributed by atoms with van der Waals surface area (Å²) in [5.41, 5.74) is 1.71. The third kappa shape index (κ3) is 4.61. The molecule has 0 aliphatic rings. The topological polar surface area (TPSA) is 84.3 Å². The van der Waals surface area contributed by atoms with Crippen molar-refractivity contribution in [2.45, 2.75) is 6.54 Å². The van der Waals surface area contributed by atoms with Crippen molar-refractivity contribution >= 4 is 17.3 Å². The molecule has 0 saturated carbocycles. The van der Waals surface area contributed by atoms with Gasteiger partial charge in [0.05, 0.1) is 11.5 Å². The molecule has 6 heteroatoms. The van der Waals surface area contributed by atoms with Gasteiger partial charge in [0.1, 0.15) is 0 Å². The average Bonchev–Trinajstić information content (AvgIpc) is 2.52. The van der Waals surface area contributed by atoms with Crippen LogP contribution in [0.4, 0.5) is 11.4 Å². The summed E-state index contributed by atoms with van der Waals surface area (Å²) in [7, 11) is 0. The van der Waals surface area contributed by atoms with Gasteiger partial charge >= 0.3 is 0 Å². The summed E-state index contributed by atoms with van der Waals surface area (Å²) in [6, 6.07) is 15.5. The number of carbonyl (C=O) groups is 1. The van der Waals surface area contributed by atoms with Crippen LogP contribution in [0.25, 0.3) is 0 Å². The summed E-state index contributed by atoms with van der Waals surface area (Å²) in [6.07, 6.45) is 0. The van der Waals surface area contributed by atoms with Gasteiger partial charge in [-0.2, -0.15) is 0 Å². The second kappa shape index (κ2) is 7.04. The van der Waals surface area contributed by atoms with Gasteiger partial charge in [-0.1, -0.05) is 30.3 Å². The van der Waals surface area contributed by atoms with Gasteiger partial charge in [0.15, 0.2) is 0 Å². The lowest BCUT2D eigenvalue weighted by Crippen LogP contribution is -2.29. The van der Waals surface area contributed by atoms with E-state index in [1.165, 1.54) is 12.1 Å². The SMILES string of the molecule is O=C(CNc1ccc([N+](=O)[O-])cc1)NCc1ccccc1. The number of nitrogens with one attached hydrogen (secondary N) is 2. The lowest BCUT2D eigenvalue weighted by Gasteiger charge is -2.07. The zero-order valence-corrected chi connectivity index (χ0v) is 11.3. The Labute approximate surface area is 121 Å². The lowest BCUT2D eigenvalue weighted by molar-refractivity contribution is -0.384. The number of carbonyl (C=O) groups excluding carboxylic acids is 1. The number of hydrogen-bond donors (Lipinski definition) is 2. The van der Waals surface area contributed by atoms with Crippen LogP contribution in [0.1, 0.15) is 5.56 Å². The highest BCUT2D eigenvalue weighted by molar-refractivity contribution is 5.80. The molecule has 0 aromatic heterocycles. The second-order valence-corrected chi connectivity index (χ2v) is 4.42. The first kappa shape index (κ1) is 14.5. The van der Waals surface area contributed by atoms with Crippen molar-refractivity contribution in [2.24, 2.45) is 0 Å². The fraction of sp³-hybridized carbons (Fsp3) is 0.133. The van der Waals surface area contributed by atoms with Crippen molar-refractivity contribution < 1.29 is 9.72 Å². The maximum absolute atomic E-state index is 11.7. The van der Waals surface area contributed by atoms with E-state index in [1.54, 1.807) is 12.1 Å². The Bertz CT molecular complexity index is 612. The summed E-state index contributed by atoms with van der Waals surface area (Å²) in [4.78, 5) is 21.7. The Morgan fingerprint density at radius 2 is 1.71 bits per heavy atom. The minimum absolute atomic E-state index is 0.0223. The molecule has 0 aliphatic carbocycles. The Balaban J connectivity index is 1.77. The molecule has 0 bridgehead atoms. The number of anilines is 1. The summed E-state index contributed by atoms with van der Waals surface area (Å²) in [5.74, 6) is -0.141. The highest BCUT2D eigenvalue weighted by atomic mass is 16.6. The highest BCUT2D eigenvalue weighted by Gasteiger charge is 2.05. The van der Waals surface area contributed by atoms with E-state index >= 15 is 0 Å². The van der Waals surface area contributed by atoms with Crippen LogP contribution in [0.3, 0.4) is 0 Å². The van der Waals surface area contributed by atoms with Crippen molar-refractivity contribution in [1.82, 2.24) is 5.32 Å². The fourth-order valence-corrected chi connectivity index (χ4v) is 1.74.